The van der Waals surface area contributed by atoms with E-state index >= 15 is 0 Å². The minimum absolute atomic E-state index is 0.0509. The van der Waals surface area contributed by atoms with E-state index in [1.165, 1.54) is 0 Å². The number of ether oxygens (including phenoxy) is 1. The van der Waals surface area contributed by atoms with Crippen LogP contribution in [0.2, 0.25) is 0 Å². The van der Waals surface area contributed by atoms with E-state index in [0.29, 0.717) is 0 Å². The fraction of sp³-hybridized carbons (Fsp3) is 0.600. The van der Waals surface area contributed by atoms with Gasteiger partial charge in [0.2, 0.25) is 0 Å². The lowest BCUT2D eigenvalue weighted by Gasteiger charge is -2.15. The van der Waals surface area contributed by atoms with Gasteiger partial charge >= 0.3 is 0 Å². The number of hydrogen-bond donors (Lipinski definition) is 0. The molecule has 0 spiro atoms. The minimum Gasteiger partial charge on any atom is -0.359 e. The van der Waals surface area contributed by atoms with Crippen LogP contribution in [0.5, 0.6) is 0 Å². The standard InChI is InChI=1S/C5H9N2O/c1-7-4-6-3-5(7)8-2/h3-5H,1-2H3. The highest BCUT2D eigenvalue weighted by atomic mass is 16.5. The molecule has 1 rings (SSSR count). The highest BCUT2D eigenvalue weighted by Crippen LogP contribution is 2.05. The molecule has 1 atom stereocenters. The molecular formula is C5H9N2O. The predicted molar refractivity (Wildman–Crippen MR) is 31.4 cm³/mol. The van der Waals surface area contributed by atoms with Gasteiger partial charge in [0.1, 0.15) is 6.54 Å². The number of hydrogen-bond acceptors (Lipinski definition) is 3. The Kier molecular flexibility index (Phi) is 1.48. The lowest BCUT2D eigenvalue weighted by Crippen LogP contribution is -2.26. The molecule has 1 radical (unpaired) electrons. The monoisotopic (exact) mass is 113 g/mol. The lowest BCUT2D eigenvalue weighted by molar-refractivity contribution is 0.0559. The molecule has 8 heavy (non-hydrogen) atoms. The predicted octanol–water partition coefficient (Wildman–Crippen LogP) is 0.0944. The van der Waals surface area contributed by atoms with Gasteiger partial charge in [-0.25, -0.2) is 0 Å². The molecule has 0 aromatic carbocycles. The van der Waals surface area contributed by atoms with Crippen LogP contribution in [0.1, 0.15) is 0 Å². The van der Waals surface area contributed by atoms with Crippen molar-refractivity contribution in [1.82, 2.24) is 4.90 Å². The van der Waals surface area contributed by atoms with Crippen molar-refractivity contribution >= 4 is 6.34 Å². The van der Waals surface area contributed by atoms with Crippen molar-refractivity contribution in [1.29, 1.82) is 0 Å². The molecule has 1 aliphatic heterocycles. The molecule has 3 heteroatoms. The number of methoxy groups -OCH3 is 1. The van der Waals surface area contributed by atoms with Crippen LogP contribution < -0.4 is 0 Å². The number of aliphatic imine (C=N–C) groups is 1. The third kappa shape index (κ3) is 0.816. The van der Waals surface area contributed by atoms with Gasteiger partial charge in [-0.2, -0.15) is 0 Å². The summed E-state index contributed by atoms with van der Waals surface area (Å²) >= 11 is 0. The lowest BCUT2D eigenvalue weighted by atomic mass is 10.6. The second-order valence-corrected chi connectivity index (χ2v) is 1.71. The Bertz CT molecular complexity index is 103. The quantitative estimate of drug-likeness (QED) is 0.481. The van der Waals surface area contributed by atoms with Crippen LogP contribution in [0.4, 0.5) is 0 Å². The van der Waals surface area contributed by atoms with Crippen LogP contribution in [0.15, 0.2) is 4.99 Å². The molecule has 0 saturated carbocycles. The maximum absolute atomic E-state index is 4.97. The van der Waals surface area contributed by atoms with Crippen LogP contribution in [-0.4, -0.2) is 31.6 Å². The Labute approximate surface area is 49.0 Å². The summed E-state index contributed by atoms with van der Waals surface area (Å²) < 4.78 is 4.97. The van der Waals surface area contributed by atoms with Gasteiger partial charge in [0.25, 0.3) is 0 Å². The van der Waals surface area contributed by atoms with Gasteiger partial charge in [-0.15, -0.1) is 0 Å². The third-order valence-corrected chi connectivity index (χ3v) is 1.11. The van der Waals surface area contributed by atoms with Crippen molar-refractivity contribution < 1.29 is 4.74 Å². The topological polar surface area (TPSA) is 24.8 Å². The van der Waals surface area contributed by atoms with Crippen molar-refractivity contribution in [3.8, 4) is 0 Å². The van der Waals surface area contributed by atoms with Crippen LogP contribution in [0, 0.1) is 6.54 Å². The van der Waals surface area contributed by atoms with E-state index in [1.807, 2.05) is 11.9 Å². The summed E-state index contributed by atoms with van der Waals surface area (Å²) in [6.07, 6.45) is 1.78. The molecule has 0 saturated heterocycles. The zero-order valence-electron chi connectivity index (χ0n) is 5.03. The van der Waals surface area contributed by atoms with Crippen LogP contribution in [0.25, 0.3) is 0 Å². The summed E-state index contributed by atoms with van der Waals surface area (Å²) in [4.78, 5) is 5.76. The molecule has 0 aromatic heterocycles. The SMILES string of the molecule is COC1[CH]N=CN1C. The maximum atomic E-state index is 4.97. The number of nitrogens with zero attached hydrogens (tertiary/aromatic N) is 2. The summed E-state index contributed by atoms with van der Waals surface area (Å²) in [5, 5.41) is 0. The third-order valence-electron chi connectivity index (χ3n) is 1.11. The summed E-state index contributed by atoms with van der Waals surface area (Å²) in [5.74, 6) is 0. The van der Waals surface area contributed by atoms with E-state index in [2.05, 4.69) is 4.99 Å². The van der Waals surface area contributed by atoms with Gasteiger partial charge in [0.05, 0.1) is 6.34 Å². The number of likely N-dealkylation sites (N-methyl/N-ethyl adjacent to an activating group) is 1. The van der Waals surface area contributed by atoms with Gasteiger partial charge in [-0.3, -0.25) is 4.99 Å². The van der Waals surface area contributed by atoms with Gasteiger partial charge in [0, 0.05) is 14.2 Å². The molecule has 1 heterocycles. The first kappa shape index (κ1) is 5.56. The molecule has 0 aromatic rings. The summed E-state index contributed by atoms with van der Waals surface area (Å²) in [7, 11) is 3.58. The second-order valence-electron chi connectivity index (χ2n) is 1.71. The summed E-state index contributed by atoms with van der Waals surface area (Å²) in [5.41, 5.74) is 0. The Hall–Kier alpha value is -0.570. The Morgan fingerprint density at radius 1 is 1.75 bits per heavy atom. The fourth-order valence-electron chi connectivity index (χ4n) is 0.615. The minimum atomic E-state index is 0.0509. The van der Waals surface area contributed by atoms with E-state index in [0.717, 1.165) is 0 Å². The fourth-order valence-corrected chi connectivity index (χ4v) is 0.615. The van der Waals surface area contributed by atoms with E-state index < -0.39 is 0 Å². The van der Waals surface area contributed by atoms with E-state index in [1.54, 1.807) is 20.0 Å². The maximum Gasteiger partial charge on any atom is 0.155 e. The Morgan fingerprint density at radius 2 is 2.50 bits per heavy atom. The summed E-state index contributed by atoms with van der Waals surface area (Å²) in [6, 6.07) is 0. The molecule has 1 aliphatic rings. The first-order chi connectivity index (χ1) is 3.84. The van der Waals surface area contributed by atoms with Crippen LogP contribution in [0.3, 0.4) is 0 Å². The van der Waals surface area contributed by atoms with Crippen molar-refractivity contribution in [3.05, 3.63) is 6.54 Å². The van der Waals surface area contributed by atoms with Crippen molar-refractivity contribution in [3.63, 3.8) is 0 Å². The Balaban J connectivity index is 2.38. The highest BCUT2D eigenvalue weighted by Gasteiger charge is 2.14. The smallest absolute Gasteiger partial charge is 0.155 e. The largest absolute Gasteiger partial charge is 0.359 e. The number of rotatable bonds is 1. The van der Waals surface area contributed by atoms with Crippen LogP contribution >= 0.6 is 0 Å². The molecule has 0 N–H and O–H groups in total. The zero-order valence-corrected chi connectivity index (χ0v) is 5.03. The van der Waals surface area contributed by atoms with Crippen molar-refractivity contribution in [2.75, 3.05) is 14.2 Å². The van der Waals surface area contributed by atoms with Gasteiger partial charge < -0.3 is 9.64 Å². The van der Waals surface area contributed by atoms with Crippen molar-refractivity contribution in [2.24, 2.45) is 4.99 Å². The van der Waals surface area contributed by atoms with Gasteiger partial charge in [-0.05, 0) is 0 Å². The Morgan fingerprint density at radius 3 is 2.75 bits per heavy atom. The van der Waals surface area contributed by atoms with Crippen molar-refractivity contribution in [2.45, 2.75) is 6.23 Å². The average Bonchev–Trinajstić information content (AvgIpc) is 2.14. The van der Waals surface area contributed by atoms with Crippen LogP contribution in [-0.2, 0) is 4.74 Å². The first-order valence-corrected chi connectivity index (χ1v) is 2.46. The van der Waals surface area contributed by atoms with E-state index in [-0.39, 0.29) is 6.23 Å². The molecule has 0 bridgehead atoms. The zero-order chi connectivity index (χ0) is 5.98. The second kappa shape index (κ2) is 2.13. The average molecular weight is 113 g/mol. The highest BCUT2D eigenvalue weighted by molar-refractivity contribution is 5.58. The van der Waals surface area contributed by atoms with Gasteiger partial charge in [-0.1, -0.05) is 0 Å². The first-order valence-electron chi connectivity index (χ1n) is 2.46. The molecular weight excluding hydrogens is 104 g/mol. The van der Waals surface area contributed by atoms with E-state index in [4.69, 9.17) is 4.74 Å². The van der Waals surface area contributed by atoms with Gasteiger partial charge in [0.15, 0.2) is 6.23 Å². The van der Waals surface area contributed by atoms with E-state index in [9.17, 15) is 0 Å². The normalized spacial score (nSPS) is 27.2. The summed E-state index contributed by atoms with van der Waals surface area (Å²) in [6.45, 7) is 1.75. The molecule has 3 nitrogen and oxygen atoms in total. The molecule has 0 fully saturated rings. The molecule has 0 aliphatic carbocycles. The molecule has 1 unspecified atom stereocenters. The molecule has 45 valence electrons. The molecule has 0 amide bonds.